The number of piperidine rings is 1. The third kappa shape index (κ3) is 5.08. The lowest BCUT2D eigenvalue weighted by Gasteiger charge is -2.40. The SMILES string of the molecule is CN(C)S(=O)(=O)N1CCN(C(=O)c2cnc3ccc(Cl)cc3c2N2CCC(C#N)(c3ccccc3)CC2)CC1. The number of pyridine rings is 1. The van der Waals surface area contributed by atoms with Gasteiger partial charge in [-0.2, -0.15) is 22.3 Å². The molecule has 2 fully saturated rings. The Bertz CT molecular complexity index is 1520. The molecule has 0 bridgehead atoms. The Labute approximate surface area is 234 Å². The van der Waals surface area contributed by atoms with Gasteiger partial charge in [-0.3, -0.25) is 9.78 Å². The number of aromatic nitrogens is 1. The maximum absolute atomic E-state index is 13.9. The van der Waals surface area contributed by atoms with Crippen molar-refractivity contribution < 1.29 is 13.2 Å². The maximum atomic E-state index is 13.9. The normalized spacial score (nSPS) is 18.3. The van der Waals surface area contributed by atoms with Crippen LogP contribution < -0.4 is 4.90 Å². The molecule has 9 nitrogen and oxygen atoms in total. The Morgan fingerprint density at radius 2 is 1.69 bits per heavy atom. The van der Waals surface area contributed by atoms with Crippen LogP contribution in [0, 0.1) is 11.3 Å². The lowest BCUT2D eigenvalue weighted by molar-refractivity contribution is 0.0695. The minimum Gasteiger partial charge on any atom is -0.370 e. The molecule has 0 saturated carbocycles. The second-order valence-electron chi connectivity index (χ2n) is 10.2. The van der Waals surface area contributed by atoms with Crippen molar-refractivity contribution in [3.8, 4) is 6.07 Å². The fourth-order valence-corrected chi connectivity index (χ4v) is 6.76. The third-order valence-corrected chi connectivity index (χ3v) is 9.99. The average Bonchev–Trinajstić information content (AvgIpc) is 2.96. The van der Waals surface area contributed by atoms with E-state index >= 15 is 0 Å². The van der Waals surface area contributed by atoms with Crippen LogP contribution in [-0.4, -0.2) is 86.2 Å². The largest absolute Gasteiger partial charge is 0.370 e. The third-order valence-electron chi connectivity index (χ3n) is 7.82. The summed E-state index contributed by atoms with van der Waals surface area (Å²) in [6, 6.07) is 17.9. The molecule has 0 unspecified atom stereocenters. The summed E-state index contributed by atoms with van der Waals surface area (Å²) in [5, 5.41) is 11.5. The summed E-state index contributed by atoms with van der Waals surface area (Å²) in [6.07, 6.45) is 2.85. The number of anilines is 1. The highest BCUT2D eigenvalue weighted by atomic mass is 35.5. The van der Waals surface area contributed by atoms with E-state index < -0.39 is 15.6 Å². The van der Waals surface area contributed by atoms with E-state index in [2.05, 4.69) is 16.0 Å². The van der Waals surface area contributed by atoms with Crippen LogP contribution in [0.4, 0.5) is 5.69 Å². The molecule has 204 valence electrons. The van der Waals surface area contributed by atoms with E-state index in [1.54, 1.807) is 17.2 Å². The van der Waals surface area contributed by atoms with Gasteiger partial charge >= 0.3 is 0 Å². The molecule has 2 aromatic carbocycles. The first-order valence-electron chi connectivity index (χ1n) is 12.9. The van der Waals surface area contributed by atoms with Gasteiger partial charge in [0.05, 0.1) is 28.3 Å². The number of piperazine rings is 1. The molecular formula is C28H31ClN6O3S. The first-order valence-corrected chi connectivity index (χ1v) is 14.7. The lowest BCUT2D eigenvalue weighted by Crippen LogP contribution is -2.53. The standard InChI is InChI=1S/C28H31ClN6O3S/c1-32(2)39(37,38)35-16-14-34(15-17-35)27(36)24-19-31-25-9-8-22(29)18-23(25)26(24)33-12-10-28(20-30,11-13-33)21-6-4-3-5-7-21/h3-9,18-19H,10-17H2,1-2H3. The van der Waals surface area contributed by atoms with Crippen molar-refractivity contribution in [3.63, 3.8) is 0 Å². The number of halogens is 1. The van der Waals surface area contributed by atoms with Crippen LogP contribution in [0.15, 0.2) is 54.7 Å². The van der Waals surface area contributed by atoms with E-state index in [-0.39, 0.29) is 32.1 Å². The van der Waals surface area contributed by atoms with Crippen LogP contribution in [0.5, 0.6) is 0 Å². The van der Waals surface area contributed by atoms with Crippen molar-refractivity contribution >= 4 is 44.3 Å². The van der Waals surface area contributed by atoms with Gasteiger partial charge in [0, 0.05) is 70.0 Å². The number of hydrogen-bond acceptors (Lipinski definition) is 6. The quantitative estimate of drug-likeness (QED) is 0.468. The molecule has 2 aliphatic rings. The van der Waals surface area contributed by atoms with Crippen LogP contribution in [0.25, 0.3) is 10.9 Å². The minimum absolute atomic E-state index is 0.193. The number of rotatable bonds is 5. The van der Waals surface area contributed by atoms with E-state index in [9.17, 15) is 18.5 Å². The average molecular weight is 567 g/mol. The number of nitrogens with zero attached hydrogens (tertiary/aromatic N) is 6. The van der Waals surface area contributed by atoms with E-state index in [4.69, 9.17) is 11.6 Å². The Kier molecular flexibility index (Phi) is 7.53. The molecule has 1 amide bonds. The zero-order chi connectivity index (χ0) is 27.8. The predicted octanol–water partition coefficient (Wildman–Crippen LogP) is 3.51. The summed E-state index contributed by atoms with van der Waals surface area (Å²) in [7, 11) is -0.537. The number of benzene rings is 2. The van der Waals surface area contributed by atoms with Crippen molar-refractivity contribution in [2.24, 2.45) is 0 Å². The summed E-state index contributed by atoms with van der Waals surface area (Å²) >= 11 is 6.39. The van der Waals surface area contributed by atoms with Crippen LogP contribution in [0.3, 0.4) is 0 Å². The van der Waals surface area contributed by atoms with Gasteiger partial charge in [-0.05, 0) is 36.6 Å². The van der Waals surface area contributed by atoms with Crippen LogP contribution in [0.1, 0.15) is 28.8 Å². The smallest absolute Gasteiger partial charge is 0.281 e. The van der Waals surface area contributed by atoms with E-state index in [1.807, 2.05) is 42.5 Å². The second kappa shape index (κ2) is 10.7. The molecule has 0 aliphatic carbocycles. The lowest BCUT2D eigenvalue weighted by atomic mass is 9.74. The van der Waals surface area contributed by atoms with Gasteiger partial charge in [0.15, 0.2) is 0 Å². The number of fused-ring (bicyclic) bond motifs is 1. The highest BCUT2D eigenvalue weighted by Gasteiger charge is 2.38. The Balaban J connectivity index is 1.46. The molecule has 11 heteroatoms. The monoisotopic (exact) mass is 566 g/mol. The molecular weight excluding hydrogens is 536 g/mol. The summed E-state index contributed by atoms with van der Waals surface area (Å²) in [5.41, 5.74) is 2.37. The first-order chi connectivity index (χ1) is 18.7. The summed E-state index contributed by atoms with van der Waals surface area (Å²) < 4.78 is 27.7. The second-order valence-corrected chi connectivity index (χ2v) is 12.8. The zero-order valence-corrected chi connectivity index (χ0v) is 23.6. The van der Waals surface area contributed by atoms with Gasteiger partial charge in [-0.15, -0.1) is 0 Å². The molecule has 3 heterocycles. The highest BCUT2D eigenvalue weighted by Crippen LogP contribution is 2.40. The van der Waals surface area contributed by atoms with Gasteiger partial charge in [0.1, 0.15) is 0 Å². The van der Waals surface area contributed by atoms with Gasteiger partial charge in [0.25, 0.3) is 16.1 Å². The van der Waals surface area contributed by atoms with Crippen molar-refractivity contribution in [2.45, 2.75) is 18.3 Å². The number of nitriles is 1. The number of hydrogen-bond donors (Lipinski definition) is 0. The van der Waals surface area contributed by atoms with Crippen LogP contribution in [0.2, 0.25) is 5.02 Å². The molecule has 0 radical (unpaired) electrons. The van der Waals surface area contributed by atoms with Crippen molar-refractivity contribution in [1.82, 2.24) is 18.5 Å². The molecule has 2 saturated heterocycles. The van der Waals surface area contributed by atoms with Crippen molar-refractivity contribution in [2.75, 3.05) is 58.3 Å². The molecule has 39 heavy (non-hydrogen) atoms. The Morgan fingerprint density at radius 1 is 1.03 bits per heavy atom. The maximum Gasteiger partial charge on any atom is 0.281 e. The highest BCUT2D eigenvalue weighted by molar-refractivity contribution is 7.86. The molecule has 1 aromatic heterocycles. The van der Waals surface area contributed by atoms with Crippen molar-refractivity contribution in [1.29, 1.82) is 5.26 Å². The van der Waals surface area contributed by atoms with Gasteiger partial charge in [-0.25, -0.2) is 0 Å². The molecule has 2 aliphatic heterocycles. The van der Waals surface area contributed by atoms with E-state index in [1.165, 1.54) is 22.7 Å². The first kappa shape index (κ1) is 27.3. The van der Waals surface area contributed by atoms with Crippen LogP contribution in [-0.2, 0) is 15.6 Å². The number of carbonyl (C=O) groups excluding carboxylic acids is 1. The summed E-state index contributed by atoms with van der Waals surface area (Å²) in [5.74, 6) is -0.193. The Morgan fingerprint density at radius 3 is 2.31 bits per heavy atom. The van der Waals surface area contributed by atoms with Crippen molar-refractivity contribution in [3.05, 3.63) is 70.9 Å². The zero-order valence-electron chi connectivity index (χ0n) is 22.0. The van der Waals surface area contributed by atoms with Crippen LogP contribution >= 0.6 is 11.6 Å². The molecule has 5 rings (SSSR count). The fraction of sp³-hybridized carbons (Fsp3) is 0.393. The van der Waals surface area contributed by atoms with E-state index in [0.29, 0.717) is 36.5 Å². The molecule has 0 N–H and O–H groups in total. The molecule has 3 aromatic rings. The summed E-state index contributed by atoms with van der Waals surface area (Å²) in [4.78, 5) is 22.3. The molecule has 0 spiro atoms. The van der Waals surface area contributed by atoms with E-state index in [0.717, 1.165) is 22.2 Å². The minimum atomic E-state index is -3.54. The topological polar surface area (TPSA) is 101 Å². The fourth-order valence-electron chi connectivity index (χ4n) is 5.51. The number of amides is 1. The van der Waals surface area contributed by atoms with Gasteiger partial charge in [0.2, 0.25) is 0 Å². The molecule has 0 atom stereocenters. The summed E-state index contributed by atoms with van der Waals surface area (Å²) in [6.45, 7) is 2.18. The number of carbonyl (C=O) groups is 1. The Hall–Kier alpha value is -3.23. The van der Waals surface area contributed by atoms with Gasteiger partial charge in [-0.1, -0.05) is 41.9 Å². The predicted molar refractivity (Wildman–Crippen MR) is 152 cm³/mol. The van der Waals surface area contributed by atoms with Gasteiger partial charge < -0.3 is 9.80 Å².